The van der Waals surface area contributed by atoms with Crippen molar-refractivity contribution in [3.05, 3.63) is 35.7 Å². The van der Waals surface area contributed by atoms with Gasteiger partial charge in [0.25, 0.3) is 0 Å². The van der Waals surface area contributed by atoms with E-state index in [4.69, 9.17) is 5.73 Å². The molecule has 0 radical (unpaired) electrons. The molecule has 0 fully saturated rings. The Bertz CT molecular complexity index is 551. The highest BCUT2D eigenvalue weighted by atomic mass is 19.1. The zero-order valence-electron chi connectivity index (χ0n) is 10.0. The van der Waals surface area contributed by atoms with Gasteiger partial charge in [-0.2, -0.15) is 0 Å². The van der Waals surface area contributed by atoms with Crippen molar-refractivity contribution in [2.75, 3.05) is 0 Å². The van der Waals surface area contributed by atoms with Crippen LogP contribution in [0.1, 0.15) is 19.2 Å². The van der Waals surface area contributed by atoms with Gasteiger partial charge in [-0.3, -0.25) is 0 Å². The number of nitrogens with two attached hydrogens (primary N) is 1. The first-order valence-corrected chi connectivity index (χ1v) is 5.75. The third-order valence-corrected chi connectivity index (χ3v) is 2.63. The number of hydrogen-bond acceptors (Lipinski definition) is 3. The third kappa shape index (κ3) is 2.24. The van der Waals surface area contributed by atoms with Gasteiger partial charge < -0.3 is 10.3 Å². The van der Waals surface area contributed by atoms with E-state index in [1.165, 1.54) is 0 Å². The Hall–Kier alpha value is -1.82. The molecule has 0 unspecified atom stereocenters. The highest BCUT2D eigenvalue weighted by Gasteiger charge is 2.16. The Morgan fingerprint density at radius 3 is 2.72 bits per heavy atom. The van der Waals surface area contributed by atoms with Crippen molar-refractivity contribution < 1.29 is 8.78 Å². The molecular weight excluding hydrogens is 238 g/mol. The van der Waals surface area contributed by atoms with Crippen LogP contribution >= 0.6 is 0 Å². The van der Waals surface area contributed by atoms with Crippen LogP contribution in [0.15, 0.2) is 18.2 Å². The topological polar surface area (TPSA) is 56.7 Å². The van der Waals surface area contributed by atoms with Gasteiger partial charge in [-0.15, -0.1) is 10.2 Å². The minimum Gasteiger partial charge on any atom is -0.324 e. The van der Waals surface area contributed by atoms with Crippen molar-refractivity contribution in [2.45, 2.75) is 26.4 Å². The second-order valence-corrected chi connectivity index (χ2v) is 3.92. The number of nitrogens with zero attached hydrogens (tertiary/aromatic N) is 3. The molecule has 0 saturated carbocycles. The molecular formula is C12H14F2N4. The quantitative estimate of drug-likeness (QED) is 0.906. The number of hydrogen-bond donors (Lipinski definition) is 1. The maximum absolute atomic E-state index is 13.7. The summed E-state index contributed by atoms with van der Waals surface area (Å²) < 4.78 is 28.6. The van der Waals surface area contributed by atoms with Gasteiger partial charge in [0.15, 0.2) is 5.82 Å². The summed E-state index contributed by atoms with van der Waals surface area (Å²) in [5.74, 6) is -0.152. The van der Waals surface area contributed by atoms with Crippen LogP contribution in [0, 0.1) is 11.6 Å². The molecule has 96 valence electrons. The Labute approximate surface area is 103 Å². The molecule has 6 heteroatoms. The molecule has 0 spiro atoms. The van der Waals surface area contributed by atoms with E-state index < -0.39 is 11.6 Å². The molecule has 2 N–H and O–H groups in total. The maximum atomic E-state index is 13.7. The maximum Gasteiger partial charge on any atom is 0.167 e. The van der Waals surface area contributed by atoms with Crippen molar-refractivity contribution in [3.63, 3.8) is 0 Å². The van der Waals surface area contributed by atoms with E-state index in [1.54, 1.807) is 4.57 Å². The average molecular weight is 252 g/mol. The van der Waals surface area contributed by atoms with Crippen LogP contribution in [0.5, 0.6) is 0 Å². The summed E-state index contributed by atoms with van der Waals surface area (Å²) in [6, 6.07) is 3.27. The zero-order valence-corrected chi connectivity index (χ0v) is 10.0. The minimum atomic E-state index is -0.523. The molecule has 2 aromatic rings. The van der Waals surface area contributed by atoms with E-state index in [9.17, 15) is 8.78 Å². The Kier molecular flexibility index (Phi) is 3.66. The van der Waals surface area contributed by atoms with Gasteiger partial charge in [0.1, 0.15) is 17.5 Å². The van der Waals surface area contributed by atoms with E-state index in [1.807, 2.05) is 6.92 Å². The van der Waals surface area contributed by atoms with Crippen molar-refractivity contribution in [1.82, 2.24) is 14.8 Å². The molecule has 0 aliphatic carbocycles. The van der Waals surface area contributed by atoms with Crippen molar-refractivity contribution in [3.8, 4) is 11.4 Å². The largest absolute Gasteiger partial charge is 0.324 e. The predicted molar refractivity (Wildman–Crippen MR) is 63.6 cm³/mol. The Morgan fingerprint density at radius 1 is 1.28 bits per heavy atom. The molecule has 1 aromatic heterocycles. The lowest BCUT2D eigenvalue weighted by Gasteiger charge is -2.08. The SMILES string of the molecule is CCCn1c(CN)nnc1-c1cc(F)ccc1F. The zero-order chi connectivity index (χ0) is 13.1. The van der Waals surface area contributed by atoms with E-state index in [0.29, 0.717) is 18.2 Å². The van der Waals surface area contributed by atoms with Crippen LogP contribution in [0.25, 0.3) is 11.4 Å². The van der Waals surface area contributed by atoms with Gasteiger partial charge in [-0.1, -0.05) is 6.92 Å². The smallest absolute Gasteiger partial charge is 0.167 e. The molecule has 18 heavy (non-hydrogen) atoms. The first kappa shape index (κ1) is 12.6. The van der Waals surface area contributed by atoms with Crippen LogP contribution in [0.4, 0.5) is 8.78 Å². The molecule has 0 atom stereocenters. The highest BCUT2D eigenvalue weighted by Crippen LogP contribution is 2.23. The van der Waals surface area contributed by atoms with Crippen LogP contribution in [-0.4, -0.2) is 14.8 Å². The minimum absolute atomic E-state index is 0.107. The van der Waals surface area contributed by atoms with Gasteiger partial charge in [-0.05, 0) is 24.6 Å². The first-order valence-electron chi connectivity index (χ1n) is 5.75. The fraction of sp³-hybridized carbons (Fsp3) is 0.333. The number of rotatable bonds is 4. The van der Waals surface area contributed by atoms with Crippen LogP contribution in [0.3, 0.4) is 0 Å². The molecule has 4 nitrogen and oxygen atoms in total. The summed E-state index contributed by atoms with van der Waals surface area (Å²) in [7, 11) is 0. The van der Waals surface area contributed by atoms with Crippen LogP contribution < -0.4 is 5.73 Å². The average Bonchev–Trinajstić information content (AvgIpc) is 2.76. The summed E-state index contributed by atoms with van der Waals surface area (Å²) in [6.45, 7) is 2.81. The number of benzene rings is 1. The van der Waals surface area contributed by atoms with E-state index in [2.05, 4.69) is 10.2 Å². The first-order chi connectivity index (χ1) is 8.67. The van der Waals surface area contributed by atoms with Crippen molar-refractivity contribution >= 4 is 0 Å². The van der Waals surface area contributed by atoms with Gasteiger partial charge in [-0.25, -0.2) is 8.78 Å². The fourth-order valence-electron chi connectivity index (χ4n) is 1.81. The monoisotopic (exact) mass is 252 g/mol. The summed E-state index contributed by atoms with van der Waals surface area (Å²) in [5, 5.41) is 7.80. The molecule has 0 amide bonds. The lowest BCUT2D eigenvalue weighted by molar-refractivity contribution is 0.596. The molecule has 0 aliphatic rings. The Balaban J connectivity index is 2.56. The van der Waals surface area contributed by atoms with Gasteiger partial charge >= 0.3 is 0 Å². The molecule has 0 bridgehead atoms. The van der Waals surface area contributed by atoms with E-state index in [0.717, 1.165) is 24.6 Å². The second-order valence-electron chi connectivity index (χ2n) is 3.92. The van der Waals surface area contributed by atoms with Crippen LogP contribution in [-0.2, 0) is 13.1 Å². The standard InChI is InChI=1S/C12H14F2N4/c1-2-5-18-11(7-15)16-17-12(18)9-6-8(13)3-4-10(9)14/h3-4,6H,2,5,7,15H2,1H3. The molecule has 1 aromatic carbocycles. The van der Waals surface area contributed by atoms with E-state index in [-0.39, 0.29) is 12.1 Å². The molecule has 0 saturated heterocycles. The van der Waals surface area contributed by atoms with Gasteiger partial charge in [0.05, 0.1) is 12.1 Å². The highest BCUT2D eigenvalue weighted by molar-refractivity contribution is 5.56. The molecule has 0 aliphatic heterocycles. The fourth-order valence-corrected chi connectivity index (χ4v) is 1.81. The lowest BCUT2D eigenvalue weighted by atomic mass is 10.2. The number of halogens is 2. The molecule has 1 heterocycles. The summed E-state index contributed by atoms with van der Waals surface area (Å²) in [6.07, 6.45) is 0.828. The van der Waals surface area contributed by atoms with Crippen molar-refractivity contribution in [1.29, 1.82) is 0 Å². The van der Waals surface area contributed by atoms with Crippen molar-refractivity contribution in [2.24, 2.45) is 5.73 Å². The number of aromatic nitrogens is 3. The molecule has 2 rings (SSSR count). The second kappa shape index (κ2) is 5.22. The summed E-state index contributed by atoms with van der Waals surface area (Å²) in [4.78, 5) is 0. The van der Waals surface area contributed by atoms with Gasteiger partial charge in [0, 0.05) is 6.54 Å². The van der Waals surface area contributed by atoms with E-state index >= 15 is 0 Å². The van der Waals surface area contributed by atoms with Crippen LogP contribution in [0.2, 0.25) is 0 Å². The normalized spacial score (nSPS) is 10.9. The summed E-state index contributed by atoms with van der Waals surface area (Å²) in [5.41, 5.74) is 5.66. The third-order valence-electron chi connectivity index (χ3n) is 2.63. The predicted octanol–water partition coefficient (Wildman–Crippen LogP) is 2.09. The summed E-state index contributed by atoms with van der Waals surface area (Å²) >= 11 is 0. The van der Waals surface area contributed by atoms with Gasteiger partial charge in [0.2, 0.25) is 0 Å². The lowest BCUT2D eigenvalue weighted by Crippen LogP contribution is -2.09. The Morgan fingerprint density at radius 2 is 2.06 bits per heavy atom.